The van der Waals surface area contributed by atoms with Crippen LogP contribution in [0.5, 0.6) is 0 Å². The summed E-state index contributed by atoms with van der Waals surface area (Å²) in [7, 11) is 0. The van der Waals surface area contributed by atoms with Gasteiger partial charge in [-0.3, -0.25) is 4.79 Å². The van der Waals surface area contributed by atoms with Crippen LogP contribution < -0.4 is 5.56 Å². The molecule has 0 amide bonds. The third-order valence-electron chi connectivity index (χ3n) is 3.30. The molecule has 0 saturated carbocycles. The molecule has 0 aliphatic carbocycles. The number of hydrogen-bond acceptors (Lipinski definition) is 2. The van der Waals surface area contributed by atoms with E-state index in [-0.39, 0.29) is 5.56 Å². The summed E-state index contributed by atoms with van der Waals surface area (Å²) in [5.41, 5.74) is 3.16. The molecule has 3 nitrogen and oxygen atoms in total. The van der Waals surface area contributed by atoms with Crippen LogP contribution in [-0.2, 0) is 6.42 Å². The average molecular weight is 376 g/mol. The molecule has 1 aromatic heterocycles. The Morgan fingerprint density at radius 1 is 1.09 bits per heavy atom. The molecule has 0 radical (unpaired) electrons. The van der Waals surface area contributed by atoms with E-state index in [1.165, 1.54) is 0 Å². The zero-order valence-corrected chi connectivity index (χ0v) is 13.9. The fourth-order valence-electron chi connectivity index (χ4n) is 2.21. The zero-order chi connectivity index (χ0) is 15.5. The summed E-state index contributed by atoms with van der Waals surface area (Å²) in [5, 5.41) is 7.35. The lowest BCUT2D eigenvalue weighted by molar-refractivity contribution is 0.955. The lowest BCUT2D eigenvalue weighted by Crippen LogP contribution is -2.15. The molecule has 2 aromatic carbocycles. The summed E-state index contributed by atoms with van der Waals surface area (Å²) in [6.07, 6.45) is 0.516. The molecule has 0 atom stereocenters. The second-order valence-electron chi connectivity index (χ2n) is 4.92. The number of nitrogens with zero attached hydrogens (tertiary/aromatic N) is 1. The van der Waals surface area contributed by atoms with Crippen LogP contribution in [0.1, 0.15) is 11.1 Å². The number of H-pyrrole nitrogens is 1. The molecule has 0 saturated heterocycles. The fraction of sp³-hybridized carbons (Fsp3) is 0.0588. The molecule has 22 heavy (non-hydrogen) atoms. The van der Waals surface area contributed by atoms with E-state index in [2.05, 4.69) is 26.1 Å². The molecule has 110 valence electrons. The van der Waals surface area contributed by atoms with E-state index >= 15 is 0 Å². The fourth-order valence-corrected chi connectivity index (χ4v) is 2.69. The number of hydrogen-bond donors (Lipinski definition) is 1. The minimum atomic E-state index is -0.180. The van der Waals surface area contributed by atoms with Crippen molar-refractivity contribution in [1.82, 2.24) is 10.2 Å². The number of halogens is 2. The van der Waals surface area contributed by atoms with Crippen LogP contribution in [-0.4, -0.2) is 10.2 Å². The van der Waals surface area contributed by atoms with Gasteiger partial charge in [0.05, 0.1) is 5.69 Å². The van der Waals surface area contributed by atoms with Gasteiger partial charge in [0, 0.05) is 27.0 Å². The Morgan fingerprint density at radius 3 is 2.59 bits per heavy atom. The molecule has 0 bridgehead atoms. The van der Waals surface area contributed by atoms with E-state index in [0.29, 0.717) is 17.0 Å². The highest BCUT2D eigenvalue weighted by Gasteiger charge is 2.07. The number of nitrogens with one attached hydrogen (secondary N) is 1. The first-order valence-electron chi connectivity index (χ1n) is 6.71. The molecule has 3 aromatic rings. The Balaban J connectivity index is 1.96. The van der Waals surface area contributed by atoms with Gasteiger partial charge >= 0.3 is 0 Å². The number of aromatic nitrogens is 2. The minimum absolute atomic E-state index is 0.180. The van der Waals surface area contributed by atoms with E-state index in [0.717, 1.165) is 21.3 Å². The van der Waals surface area contributed by atoms with Gasteiger partial charge in [0.25, 0.3) is 5.56 Å². The highest BCUT2D eigenvalue weighted by Crippen LogP contribution is 2.20. The molecular weight excluding hydrogens is 364 g/mol. The Labute approximate surface area is 141 Å². The predicted molar refractivity (Wildman–Crippen MR) is 92.3 cm³/mol. The van der Waals surface area contributed by atoms with Crippen molar-refractivity contribution in [3.05, 3.63) is 85.6 Å². The molecule has 0 aliphatic heterocycles. The predicted octanol–water partition coefficient (Wildman–Crippen LogP) is 4.44. The zero-order valence-electron chi connectivity index (χ0n) is 11.5. The normalized spacial score (nSPS) is 10.6. The molecule has 5 heteroatoms. The van der Waals surface area contributed by atoms with Gasteiger partial charge in [0.2, 0.25) is 0 Å². The van der Waals surface area contributed by atoms with Crippen molar-refractivity contribution in [3.8, 4) is 11.3 Å². The standard InChI is InChI=1S/C17H12BrClN2O/c18-14-6-4-12(5-7-14)16-10-13(17(22)21-20-16)8-11-2-1-3-15(19)9-11/h1-7,9-10H,8H2,(H,21,22). The van der Waals surface area contributed by atoms with Crippen LogP contribution in [0.3, 0.4) is 0 Å². The van der Waals surface area contributed by atoms with Crippen LogP contribution in [0.25, 0.3) is 11.3 Å². The first-order chi connectivity index (χ1) is 10.6. The highest BCUT2D eigenvalue weighted by molar-refractivity contribution is 9.10. The molecule has 1 heterocycles. The van der Waals surface area contributed by atoms with Crippen LogP contribution in [0.2, 0.25) is 5.02 Å². The first-order valence-corrected chi connectivity index (χ1v) is 7.88. The van der Waals surface area contributed by atoms with E-state index in [4.69, 9.17) is 11.6 Å². The number of benzene rings is 2. The average Bonchev–Trinajstić information content (AvgIpc) is 2.50. The second-order valence-corrected chi connectivity index (χ2v) is 6.27. The molecule has 0 unspecified atom stereocenters. The molecule has 0 fully saturated rings. The first kappa shape index (κ1) is 15.0. The summed E-state index contributed by atoms with van der Waals surface area (Å²) in [6.45, 7) is 0. The van der Waals surface area contributed by atoms with E-state index in [9.17, 15) is 4.79 Å². The van der Waals surface area contributed by atoms with E-state index in [1.54, 1.807) is 0 Å². The molecule has 0 spiro atoms. The van der Waals surface area contributed by atoms with Gasteiger partial charge in [0.1, 0.15) is 0 Å². The Morgan fingerprint density at radius 2 is 1.86 bits per heavy atom. The maximum absolute atomic E-state index is 12.0. The Kier molecular flexibility index (Phi) is 4.41. The summed E-state index contributed by atoms with van der Waals surface area (Å²) in [4.78, 5) is 12.0. The van der Waals surface area contributed by atoms with Gasteiger partial charge in [-0.25, -0.2) is 5.10 Å². The lowest BCUT2D eigenvalue weighted by atomic mass is 10.0. The third kappa shape index (κ3) is 3.46. The molecular formula is C17H12BrClN2O. The highest BCUT2D eigenvalue weighted by atomic mass is 79.9. The van der Waals surface area contributed by atoms with Gasteiger partial charge < -0.3 is 0 Å². The van der Waals surface area contributed by atoms with Crippen LogP contribution in [0.4, 0.5) is 0 Å². The molecule has 3 rings (SSSR count). The topological polar surface area (TPSA) is 45.8 Å². The lowest BCUT2D eigenvalue weighted by Gasteiger charge is -2.05. The van der Waals surface area contributed by atoms with Crippen molar-refractivity contribution in [3.63, 3.8) is 0 Å². The second kappa shape index (κ2) is 6.46. The maximum Gasteiger partial charge on any atom is 0.267 e. The van der Waals surface area contributed by atoms with E-state index < -0.39 is 0 Å². The quantitative estimate of drug-likeness (QED) is 0.735. The summed E-state index contributed by atoms with van der Waals surface area (Å²) in [6, 6.07) is 17.1. The van der Waals surface area contributed by atoms with Gasteiger partial charge in [-0.1, -0.05) is 51.8 Å². The van der Waals surface area contributed by atoms with Crippen molar-refractivity contribution < 1.29 is 0 Å². The summed E-state index contributed by atoms with van der Waals surface area (Å²) in [5.74, 6) is 0. The Hall–Kier alpha value is -1.91. The van der Waals surface area contributed by atoms with Crippen molar-refractivity contribution in [2.45, 2.75) is 6.42 Å². The smallest absolute Gasteiger partial charge is 0.267 e. The SMILES string of the molecule is O=c1[nH]nc(-c2ccc(Br)cc2)cc1Cc1cccc(Cl)c1. The number of rotatable bonds is 3. The monoisotopic (exact) mass is 374 g/mol. The molecule has 1 N–H and O–H groups in total. The van der Waals surface area contributed by atoms with Gasteiger partial charge in [0.15, 0.2) is 0 Å². The van der Waals surface area contributed by atoms with Gasteiger partial charge in [-0.15, -0.1) is 0 Å². The maximum atomic E-state index is 12.0. The minimum Gasteiger partial charge on any atom is -0.268 e. The third-order valence-corrected chi connectivity index (χ3v) is 4.07. The summed E-state index contributed by atoms with van der Waals surface area (Å²) >= 11 is 9.39. The van der Waals surface area contributed by atoms with Crippen LogP contribution >= 0.6 is 27.5 Å². The van der Waals surface area contributed by atoms with Crippen LogP contribution in [0, 0.1) is 0 Å². The van der Waals surface area contributed by atoms with E-state index in [1.807, 2.05) is 54.6 Å². The Bertz CT molecular complexity index is 859. The van der Waals surface area contributed by atoms with Crippen molar-refractivity contribution >= 4 is 27.5 Å². The van der Waals surface area contributed by atoms with Crippen molar-refractivity contribution in [2.24, 2.45) is 0 Å². The summed E-state index contributed by atoms with van der Waals surface area (Å²) < 4.78 is 1.000. The van der Waals surface area contributed by atoms with Crippen molar-refractivity contribution in [2.75, 3.05) is 0 Å². The van der Waals surface area contributed by atoms with Gasteiger partial charge in [-0.2, -0.15) is 5.10 Å². The largest absolute Gasteiger partial charge is 0.268 e. The molecule has 0 aliphatic rings. The van der Waals surface area contributed by atoms with Crippen LogP contribution in [0.15, 0.2) is 63.9 Å². The number of aromatic amines is 1. The van der Waals surface area contributed by atoms with Gasteiger partial charge in [-0.05, 0) is 35.9 Å². The van der Waals surface area contributed by atoms with Crippen molar-refractivity contribution in [1.29, 1.82) is 0 Å².